The molecule has 2 aliphatic carbocycles. The van der Waals surface area contributed by atoms with Gasteiger partial charge in [-0.15, -0.1) is 0 Å². The molecule has 0 aliphatic heterocycles. The topological polar surface area (TPSA) is 37.3 Å². The fourth-order valence-corrected chi connectivity index (χ4v) is 6.42. The van der Waals surface area contributed by atoms with Crippen molar-refractivity contribution in [3.05, 3.63) is 153 Å². The lowest BCUT2D eigenvalue weighted by molar-refractivity contribution is 0.0696. The second-order valence-corrected chi connectivity index (χ2v) is 10.6. The number of benzene rings is 5. The number of hydrogen-bond acceptors (Lipinski definition) is 1. The van der Waals surface area contributed by atoms with Crippen molar-refractivity contribution in [3.63, 3.8) is 0 Å². The van der Waals surface area contributed by atoms with E-state index < -0.39 is 5.97 Å². The molecule has 2 aliphatic rings. The molecule has 1 spiro atoms. The summed E-state index contributed by atoms with van der Waals surface area (Å²) < 4.78 is 0. The summed E-state index contributed by atoms with van der Waals surface area (Å²) in [4.78, 5) is 10.5. The Hall–Kier alpha value is -4.43. The van der Waals surface area contributed by atoms with Gasteiger partial charge in [-0.05, 0) is 83.8 Å². The van der Waals surface area contributed by atoms with Crippen LogP contribution in [0.2, 0.25) is 0 Å². The number of carbonyl (C=O) groups is 1. The molecule has 0 saturated carbocycles. The van der Waals surface area contributed by atoms with Crippen LogP contribution < -0.4 is 0 Å². The minimum absolute atomic E-state index is 0.199. The van der Waals surface area contributed by atoms with Gasteiger partial charge in [0.1, 0.15) is 0 Å². The third kappa shape index (κ3) is 3.44. The number of carboxylic acid groups (broad SMARTS) is 1. The molecule has 0 fully saturated rings. The zero-order valence-electron chi connectivity index (χ0n) is 22.2. The third-order valence-corrected chi connectivity index (χ3v) is 8.01. The van der Waals surface area contributed by atoms with Crippen molar-refractivity contribution in [2.24, 2.45) is 0 Å². The molecular formula is C36H30O2. The van der Waals surface area contributed by atoms with Gasteiger partial charge in [0.25, 0.3) is 0 Å². The SMILES string of the molecule is Cc1ccc(C(=O)O)c(C)c1.Cc1ccc2c(c1)C1(c3ccccc3-2)c2ccccc2-c2ccc(C)cc21. The largest absolute Gasteiger partial charge is 0.478 e. The molecule has 0 atom stereocenters. The van der Waals surface area contributed by atoms with Crippen molar-refractivity contribution in [3.8, 4) is 22.3 Å². The summed E-state index contributed by atoms with van der Waals surface area (Å²) in [7, 11) is 0. The van der Waals surface area contributed by atoms with E-state index in [1.165, 1.54) is 55.6 Å². The smallest absolute Gasteiger partial charge is 0.335 e. The highest BCUT2D eigenvalue weighted by molar-refractivity contribution is 5.95. The van der Waals surface area contributed by atoms with Gasteiger partial charge in [0.2, 0.25) is 0 Å². The predicted octanol–water partition coefficient (Wildman–Crippen LogP) is 8.65. The summed E-state index contributed by atoms with van der Waals surface area (Å²) in [5.41, 5.74) is 15.9. The second-order valence-electron chi connectivity index (χ2n) is 10.6. The van der Waals surface area contributed by atoms with Gasteiger partial charge in [0.05, 0.1) is 11.0 Å². The van der Waals surface area contributed by atoms with E-state index in [9.17, 15) is 4.79 Å². The highest BCUT2D eigenvalue weighted by Gasteiger charge is 2.51. The van der Waals surface area contributed by atoms with E-state index >= 15 is 0 Å². The maximum absolute atomic E-state index is 10.5. The summed E-state index contributed by atoms with van der Waals surface area (Å²) in [6.45, 7) is 8.15. The lowest BCUT2D eigenvalue weighted by atomic mass is 9.70. The first-order chi connectivity index (χ1) is 18.3. The molecule has 38 heavy (non-hydrogen) atoms. The Morgan fingerprint density at radius 1 is 0.526 bits per heavy atom. The van der Waals surface area contributed by atoms with Gasteiger partial charge in [-0.25, -0.2) is 4.79 Å². The molecule has 2 nitrogen and oxygen atoms in total. The van der Waals surface area contributed by atoms with Crippen LogP contribution in [-0.4, -0.2) is 11.1 Å². The molecule has 2 heteroatoms. The first-order valence-electron chi connectivity index (χ1n) is 13.0. The van der Waals surface area contributed by atoms with Gasteiger partial charge in [0.15, 0.2) is 0 Å². The molecule has 0 heterocycles. The zero-order valence-corrected chi connectivity index (χ0v) is 22.2. The normalized spacial score (nSPS) is 13.2. The Morgan fingerprint density at radius 2 is 0.947 bits per heavy atom. The molecule has 0 saturated heterocycles. The Bertz CT molecular complexity index is 1640. The highest BCUT2D eigenvalue weighted by Crippen LogP contribution is 2.62. The highest BCUT2D eigenvalue weighted by atomic mass is 16.4. The van der Waals surface area contributed by atoms with E-state index in [0.717, 1.165) is 11.1 Å². The zero-order chi connectivity index (χ0) is 26.6. The van der Waals surface area contributed by atoms with Gasteiger partial charge in [-0.3, -0.25) is 0 Å². The van der Waals surface area contributed by atoms with E-state index in [-0.39, 0.29) is 5.41 Å². The van der Waals surface area contributed by atoms with Gasteiger partial charge < -0.3 is 5.11 Å². The van der Waals surface area contributed by atoms with Gasteiger partial charge in [-0.1, -0.05) is 114 Å². The number of carboxylic acids is 1. The maximum atomic E-state index is 10.5. The van der Waals surface area contributed by atoms with E-state index in [1.54, 1.807) is 19.1 Å². The van der Waals surface area contributed by atoms with Crippen LogP contribution in [0.15, 0.2) is 103 Å². The quantitative estimate of drug-likeness (QED) is 0.248. The molecule has 5 aromatic carbocycles. The molecular weight excluding hydrogens is 464 g/mol. The fraction of sp³-hybridized carbons (Fsp3) is 0.139. The molecule has 1 N–H and O–H groups in total. The van der Waals surface area contributed by atoms with Crippen LogP contribution in [0.1, 0.15) is 54.9 Å². The van der Waals surface area contributed by atoms with Gasteiger partial charge in [0, 0.05) is 0 Å². The standard InChI is InChI=1S/C27H20.C9H10O2/c1-17-11-13-21-19-7-3-5-9-23(19)27(25(21)15-17)24-10-6-4-8-20(24)22-14-12-18(2)16-26(22)27;1-6-3-4-8(9(10)11)7(2)5-6/h3-16H,1-2H3;3-5H,1-2H3,(H,10,11). The van der Waals surface area contributed by atoms with Crippen LogP contribution in [0.3, 0.4) is 0 Å². The minimum atomic E-state index is -0.859. The summed E-state index contributed by atoms with van der Waals surface area (Å²) in [6.07, 6.45) is 0. The van der Waals surface area contributed by atoms with E-state index in [0.29, 0.717) is 5.56 Å². The van der Waals surface area contributed by atoms with E-state index in [2.05, 4.69) is 98.8 Å². The first-order valence-corrected chi connectivity index (χ1v) is 13.0. The predicted molar refractivity (Wildman–Crippen MR) is 155 cm³/mol. The van der Waals surface area contributed by atoms with Crippen molar-refractivity contribution in [2.45, 2.75) is 33.1 Å². The first kappa shape index (κ1) is 23.9. The van der Waals surface area contributed by atoms with Crippen molar-refractivity contribution < 1.29 is 9.90 Å². The molecule has 7 rings (SSSR count). The molecule has 0 bridgehead atoms. The van der Waals surface area contributed by atoms with Crippen LogP contribution in [0.4, 0.5) is 0 Å². The van der Waals surface area contributed by atoms with Crippen LogP contribution in [0.25, 0.3) is 22.3 Å². The number of aromatic carboxylic acids is 1. The van der Waals surface area contributed by atoms with Gasteiger partial charge >= 0.3 is 5.97 Å². The average molecular weight is 495 g/mol. The summed E-state index contributed by atoms with van der Waals surface area (Å²) >= 11 is 0. The van der Waals surface area contributed by atoms with Crippen LogP contribution >= 0.6 is 0 Å². The Morgan fingerprint density at radius 3 is 1.42 bits per heavy atom. The molecule has 5 aromatic rings. The van der Waals surface area contributed by atoms with Crippen molar-refractivity contribution in [1.82, 2.24) is 0 Å². The Kier molecular flexibility index (Phi) is 5.57. The molecule has 0 radical (unpaired) electrons. The van der Waals surface area contributed by atoms with Crippen LogP contribution in [-0.2, 0) is 5.41 Å². The number of hydrogen-bond donors (Lipinski definition) is 1. The van der Waals surface area contributed by atoms with Gasteiger partial charge in [-0.2, -0.15) is 0 Å². The number of fused-ring (bicyclic) bond motifs is 10. The molecule has 186 valence electrons. The van der Waals surface area contributed by atoms with E-state index in [1.807, 2.05) is 13.0 Å². The van der Waals surface area contributed by atoms with Crippen molar-refractivity contribution in [2.75, 3.05) is 0 Å². The number of aryl methyl sites for hydroxylation is 4. The molecule has 0 amide bonds. The molecule has 0 unspecified atom stereocenters. The minimum Gasteiger partial charge on any atom is -0.478 e. The fourth-order valence-electron chi connectivity index (χ4n) is 6.42. The lowest BCUT2D eigenvalue weighted by Crippen LogP contribution is -2.26. The monoisotopic (exact) mass is 494 g/mol. The summed E-state index contributed by atoms with van der Waals surface area (Å²) in [5, 5.41) is 8.66. The number of rotatable bonds is 1. The summed E-state index contributed by atoms with van der Waals surface area (Å²) in [5.74, 6) is -0.859. The maximum Gasteiger partial charge on any atom is 0.335 e. The second kappa shape index (κ2) is 8.85. The lowest BCUT2D eigenvalue weighted by Gasteiger charge is -2.30. The Labute approximate surface area is 224 Å². The van der Waals surface area contributed by atoms with Crippen molar-refractivity contribution >= 4 is 5.97 Å². The Balaban J connectivity index is 0.000000204. The van der Waals surface area contributed by atoms with E-state index in [4.69, 9.17) is 5.11 Å². The summed E-state index contributed by atoms with van der Waals surface area (Å²) in [6, 6.07) is 37.2. The molecule has 0 aromatic heterocycles. The van der Waals surface area contributed by atoms with Crippen LogP contribution in [0.5, 0.6) is 0 Å². The van der Waals surface area contributed by atoms with Crippen LogP contribution in [0, 0.1) is 27.7 Å². The average Bonchev–Trinajstić information content (AvgIpc) is 3.35. The van der Waals surface area contributed by atoms with Crippen molar-refractivity contribution in [1.29, 1.82) is 0 Å². The third-order valence-electron chi connectivity index (χ3n) is 8.01.